The van der Waals surface area contributed by atoms with E-state index in [9.17, 15) is 19.5 Å². The summed E-state index contributed by atoms with van der Waals surface area (Å²) in [5.74, 6) is -1.20. The molecule has 0 saturated heterocycles. The highest BCUT2D eigenvalue weighted by atomic mass is 16.5. The number of carboxylic acids is 1. The maximum Gasteiger partial charge on any atom is 0.407 e. The molecule has 0 bridgehead atoms. The molecule has 7 nitrogen and oxygen atoms in total. The Balaban J connectivity index is 1.42. The zero-order valence-electron chi connectivity index (χ0n) is 20.4. The first-order chi connectivity index (χ1) is 16.8. The molecule has 0 aromatic heterocycles. The van der Waals surface area contributed by atoms with Crippen LogP contribution in [-0.4, -0.2) is 41.3 Å². The first-order valence-corrected chi connectivity index (χ1v) is 12.4. The van der Waals surface area contributed by atoms with E-state index in [0.717, 1.165) is 35.1 Å². The monoisotopic (exact) mass is 478 g/mol. The van der Waals surface area contributed by atoms with E-state index in [1.54, 1.807) is 0 Å². The number of aliphatic carboxylic acids is 1. The van der Waals surface area contributed by atoms with Crippen LogP contribution < -0.4 is 10.6 Å². The van der Waals surface area contributed by atoms with Gasteiger partial charge in [0.2, 0.25) is 5.91 Å². The maximum atomic E-state index is 13.2. The van der Waals surface area contributed by atoms with Crippen LogP contribution in [-0.2, 0) is 14.3 Å². The highest BCUT2D eigenvalue weighted by Gasteiger charge is 2.39. The molecular formula is C28H34N2O5. The van der Waals surface area contributed by atoms with E-state index < -0.39 is 23.6 Å². The summed E-state index contributed by atoms with van der Waals surface area (Å²) >= 11 is 0. The Bertz CT molecular complexity index is 1040. The molecule has 2 aromatic rings. The number of hydrogen-bond donors (Lipinski definition) is 3. The number of benzene rings is 2. The second-order valence-electron chi connectivity index (χ2n) is 10.2. The highest BCUT2D eigenvalue weighted by molar-refractivity contribution is 5.87. The molecule has 2 aliphatic rings. The number of carbonyl (C=O) groups is 3. The van der Waals surface area contributed by atoms with Gasteiger partial charge in [0, 0.05) is 5.92 Å². The Morgan fingerprint density at radius 1 is 1.00 bits per heavy atom. The predicted octanol–water partition coefficient (Wildman–Crippen LogP) is 4.84. The third kappa shape index (κ3) is 5.66. The third-order valence-electron chi connectivity index (χ3n) is 7.10. The fraction of sp³-hybridized carbons (Fsp3) is 0.464. The van der Waals surface area contributed by atoms with Crippen molar-refractivity contribution < 1.29 is 24.2 Å². The molecule has 1 atom stereocenters. The van der Waals surface area contributed by atoms with Gasteiger partial charge in [0.15, 0.2) is 0 Å². The van der Waals surface area contributed by atoms with Crippen LogP contribution in [0.5, 0.6) is 0 Å². The summed E-state index contributed by atoms with van der Waals surface area (Å²) in [7, 11) is 0. The molecule has 7 heteroatoms. The van der Waals surface area contributed by atoms with Crippen molar-refractivity contribution in [3.8, 4) is 11.1 Å². The zero-order valence-corrected chi connectivity index (χ0v) is 20.4. The van der Waals surface area contributed by atoms with Crippen molar-refractivity contribution in [1.29, 1.82) is 0 Å². The number of carboxylic acid groups (broad SMARTS) is 1. The van der Waals surface area contributed by atoms with E-state index in [1.807, 2.05) is 38.1 Å². The normalized spacial score (nSPS) is 16.9. The largest absolute Gasteiger partial charge is 0.481 e. The molecular weight excluding hydrogens is 444 g/mol. The van der Waals surface area contributed by atoms with Crippen molar-refractivity contribution in [2.45, 2.75) is 69.9 Å². The van der Waals surface area contributed by atoms with Gasteiger partial charge in [0.25, 0.3) is 0 Å². The number of carbonyl (C=O) groups excluding carboxylic acids is 2. The van der Waals surface area contributed by atoms with Crippen molar-refractivity contribution >= 4 is 18.0 Å². The summed E-state index contributed by atoms with van der Waals surface area (Å²) in [5.41, 5.74) is 3.79. The summed E-state index contributed by atoms with van der Waals surface area (Å²) in [6, 6.07) is 15.4. The number of fused-ring (bicyclic) bond motifs is 3. The van der Waals surface area contributed by atoms with Crippen molar-refractivity contribution in [3.05, 3.63) is 59.7 Å². The minimum Gasteiger partial charge on any atom is -0.481 e. The Morgan fingerprint density at radius 2 is 1.57 bits per heavy atom. The second kappa shape index (κ2) is 10.5. The molecule has 2 aliphatic carbocycles. The molecule has 2 amide bonds. The molecule has 0 aliphatic heterocycles. The molecule has 3 N–H and O–H groups in total. The fourth-order valence-electron chi connectivity index (χ4n) is 5.52. The average molecular weight is 479 g/mol. The van der Waals surface area contributed by atoms with Crippen LogP contribution >= 0.6 is 0 Å². The fourth-order valence-corrected chi connectivity index (χ4v) is 5.52. The van der Waals surface area contributed by atoms with Crippen LogP contribution in [0, 0.1) is 5.92 Å². The molecule has 4 rings (SSSR count). The van der Waals surface area contributed by atoms with Gasteiger partial charge in [-0.15, -0.1) is 0 Å². The van der Waals surface area contributed by atoms with Gasteiger partial charge in [-0.05, 0) is 47.4 Å². The van der Waals surface area contributed by atoms with E-state index in [4.69, 9.17) is 4.74 Å². The zero-order chi connectivity index (χ0) is 25.0. The third-order valence-corrected chi connectivity index (χ3v) is 7.10. The predicted molar refractivity (Wildman–Crippen MR) is 133 cm³/mol. The Labute approximate surface area is 206 Å². The molecule has 0 radical (unpaired) electrons. The molecule has 0 unspecified atom stereocenters. The minimum absolute atomic E-state index is 0.0668. The SMILES string of the molecule is CC(C)C[C@@H](NC(=O)OCC1c2ccccc2-c2ccccc21)C(=O)NC1(CC(=O)O)CCCC1. The summed E-state index contributed by atoms with van der Waals surface area (Å²) in [5, 5.41) is 15.1. The molecule has 35 heavy (non-hydrogen) atoms. The van der Waals surface area contributed by atoms with E-state index in [-0.39, 0.29) is 30.8 Å². The molecule has 0 heterocycles. The first kappa shape index (κ1) is 24.8. The van der Waals surface area contributed by atoms with Gasteiger partial charge in [-0.3, -0.25) is 9.59 Å². The van der Waals surface area contributed by atoms with E-state index >= 15 is 0 Å². The van der Waals surface area contributed by atoms with Crippen LogP contribution in [0.2, 0.25) is 0 Å². The summed E-state index contributed by atoms with van der Waals surface area (Å²) in [6.07, 6.45) is 2.68. The Morgan fingerprint density at radius 3 is 2.11 bits per heavy atom. The summed E-state index contributed by atoms with van der Waals surface area (Å²) in [6.45, 7) is 4.11. The van der Waals surface area contributed by atoms with Crippen molar-refractivity contribution in [2.75, 3.05) is 6.61 Å². The highest BCUT2D eigenvalue weighted by Crippen LogP contribution is 2.44. The van der Waals surface area contributed by atoms with E-state index in [0.29, 0.717) is 19.3 Å². The van der Waals surface area contributed by atoms with Gasteiger partial charge in [-0.25, -0.2) is 4.79 Å². The summed E-state index contributed by atoms with van der Waals surface area (Å²) < 4.78 is 5.64. The topological polar surface area (TPSA) is 105 Å². The van der Waals surface area contributed by atoms with E-state index in [1.165, 1.54) is 0 Å². The van der Waals surface area contributed by atoms with Crippen LogP contribution in [0.4, 0.5) is 4.79 Å². The quantitative estimate of drug-likeness (QED) is 0.478. The lowest BCUT2D eigenvalue weighted by atomic mass is 9.92. The van der Waals surface area contributed by atoms with Crippen LogP contribution in [0.1, 0.15) is 69.4 Å². The number of alkyl carbamates (subject to hydrolysis) is 1. The van der Waals surface area contributed by atoms with Crippen molar-refractivity contribution in [2.24, 2.45) is 5.92 Å². The number of hydrogen-bond acceptors (Lipinski definition) is 4. The van der Waals surface area contributed by atoms with Gasteiger partial charge in [-0.1, -0.05) is 75.2 Å². The molecule has 1 saturated carbocycles. The Hall–Kier alpha value is -3.35. The van der Waals surface area contributed by atoms with Crippen LogP contribution in [0.3, 0.4) is 0 Å². The molecule has 0 spiro atoms. The molecule has 1 fully saturated rings. The second-order valence-corrected chi connectivity index (χ2v) is 10.2. The number of rotatable bonds is 9. The first-order valence-electron chi connectivity index (χ1n) is 12.4. The maximum absolute atomic E-state index is 13.2. The number of amides is 2. The number of nitrogens with one attached hydrogen (secondary N) is 2. The molecule has 186 valence electrons. The van der Waals surface area contributed by atoms with Gasteiger partial charge in [0.05, 0.1) is 12.0 Å². The van der Waals surface area contributed by atoms with Crippen LogP contribution in [0.15, 0.2) is 48.5 Å². The minimum atomic E-state index is -0.933. The van der Waals surface area contributed by atoms with E-state index in [2.05, 4.69) is 34.9 Å². The molecule has 2 aromatic carbocycles. The standard InChI is InChI=1S/C28H34N2O5/c1-18(2)15-24(26(33)30-28(16-25(31)32)13-7-8-14-28)29-27(34)35-17-23-21-11-5-3-9-19(21)20-10-4-6-12-22(20)23/h3-6,9-12,18,23-24H,7-8,13-17H2,1-2H3,(H,29,34)(H,30,33)(H,31,32)/t24-/m1/s1. The smallest absolute Gasteiger partial charge is 0.407 e. The lowest BCUT2D eigenvalue weighted by Gasteiger charge is -2.31. The van der Waals surface area contributed by atoms with Gasteiger partial charge in [0.1, 0.15) is 12.6 Å². The lowest BCUT2D eigenvalue weighted by Crippen LogP contribution is -2.55. The average Bonchev–Trinajstić information content (AvgIpc) is 3.39. The lowest BCUT2D eigenvalue weighted by molar-refractivity contribution is -0.139. The summed E-state index contributed by atoms with van der Waals surface area (Å²) in [4.78, 5) is 37.4. The number of ether oxygens (including phenoxy) is 1. The van der Waals surface area contributed by atoms with Gasteiger partial charge in [-0.2, -0.15) is 0 Å². The Kier molecular flexibility index (Phi) is 7.43. The van der Waals surface area contributed by atoms with Crippen LogP contribution in [0.25, 0.3) is 11.1 Å². The van der Waals surface area contributed by atoms with Gasteiger partial charge < -0.3 is 20.5 Å². The van der Waals surface area contributed by atoms with Gasteiger partial charge >= 0.3 is 12.1 Å². The van der Waals surface area contributed by atoms with Crippen molar-refractivity contribution in [3.63, 3.8) is 0 Å². The van der Waals surface area contributed by atoms with Crippen molar-refractivity contribution in [1.82, 2.24) is 10.6 Å².